The predicted molar refractivity (Wildman–Crippen MR) is 63.6 cm³/mol. The van der Waals surface area contributed by atoms with Gasteiger partial charge in [-0.2, -0.15) is 9.97 Å². The minimum absolute atomic E-state index is 0.127. The molecule has 1 saturated carbocycles. The average Bonchev–Trinajstić information content (AvgIpc) is 2.91. The molecule has 19 heavy (non-hydrogen) atoms. The predicted octanol–water partition coefficient (Wildman–Crippen LogP) is 2.21. The fourth-order valence-electron chi connectivity index (χ4n) is 1.52. The second-order valence-corrected chi connectivity index (χ2v) is 5.75. The van der Waals surface area contributed by atoms with E-state index in [2.05, 4.69) is 20.3 Å². The number of hydrogen-bond acceptors (Lipinski definition) is 7. The molecule has 7 heteroatoms. The van der Waals surface area contributed by atoms with Crippen LogP contribution in [0.4, 0.5) is 0 Å². The second kappa shape index (κ2) is 4.32. The highest BCUT2D eigenvalue weighted by molar-refractivity contribution is 5.03. The summed E-state index contributed by atoms with van der Waals surface area (Å²) < 4.78 is 15.5. The Labute approximate surface area is 110 Å². The Morgan fingerprint density at radius 1 is 1.16 bits per heavy atom. The van der Waals surface area contributed by atoms with Gasteiger partial charge in [0.2, 0.25) is 11.7 Å². The summed E-state index contributed by atoms with van der Waals surface area (Å²) in [7, 11) is 0. The molecule has 102 valence electrons. The lowest BCUT2D eigenvalue weighted by molar-refractivity contribution is 0.187. The van der Waals surface area contributed by atoms with Crippen molar-refractivity contribution in [2.24, 2.45) is 0 Å². The fraction of sp³-hybridized carbons (Fsp3) is 0.667. The summed E-state index contributed by atoms with van der Waals surface area (Å²) >= 11 is 0. The quantitative estimate of drug-likeness (QED) is 0.836. The maximum absolute atomic E-state index is 5.36. The number of nitrogens with zero attached hydrogens (tertiary/aromatic N) is 4. The first-order valence-corrected chi connectivity index (χ1v) is 6.32. The van der Waals surface area contributed by atoms with Crippen LogP contribution in [0.5, 0.6) is 6.08 Å². The monoisotopic (exact) mass is 264 g/mol. The minimum atomic E-state index is -0.170. The molecular formula is C12H16N4O3. The van der Waals surface area contributed by atoms with E-state index >= 15 is 0 Å². The van der Waals surface area contributed by atoms with E-state index in [9.17, 15) is 0 Å². The van der Waals surface area contributed by atoms with Gasteiger partial charge in [0.05, 0.1) is 0 Å². The molecule has 0 aliphatic heterocycles. The van der Waals surface area contributed by atoms with E-state index < -0.39 is 0 Å². The first-order valence-electron chi connectivity index (χ1n) is 6.32. The Morgan fingerprint density at radius 3 is 2.58 bits per heavy atom. The van der Waals surface area contributed by atoms with Crippen LogP contribution in [0.15, 0.2) is 9.05 Å². The SMILES string of the molecule is CC(C)(C)c1noc(OCc2noc(C3CC3)n2)n1. The molecule has 3 rings (SSSR count). The minimum Gasteiger partial charge on any atom is -0.440 e. The molecule has 0 amide bonds. The van der Waals surface area contributed by atoms with Crippen molar-refractivity contribution >= 4 is 0 Å². The average molecular weight is 264 g/mol. The lowest BCUT2D eigenvalue weighted by Crippen LogP contribution is -2.13. The van der Waals surface area contributed by atoms with Gasteiger partial charge in [-0.25, -0.2) is 0 Å². The van der Waals surface area contributed by atoms with E-state index in [1.807, 2.05) is 20.8 Å². The molecule has 1 fully saturated rings. The summed E-state index contributed by atoms with van der Waals surface area (Å²) in [6, 6.07) is 0. The first kappa shape index (κ1) is 12.1. The van der Waals surface area contributed by atoms with Crippen LogP contribution in [-0.2, 0) is 12.0 Å². The standard InChI is InChI=1S/C12H16N4O3/c1-12(2,3)10-14-11(19-16-10)17-6-8-13-9(18-15-8)7-4-5-7/h7H,4-6H2,1-3H3. The Balaban J connectivity index is 1.60. The van der Waals surface area contributed by atoms with E-state index in [4.69, 9.17) is 13.8 Å². The van der Waals surface area contributed by atoms with Gasteiger partial charge in [0.1, 0.15) is 0 Å². The fourth-order valence-corrected chi connectivity index (χ4v) is 1.52. The van der Waals surface area contributed by atoms with Crippen LogP contribution in [0.25, 0.3) is 0 Å². The molecule has 0 radical (unpaired) electrons. The highest BCUT2D eigenvalue weighted by Crippen LogP contribution is 2.38. The van der Waals surface area contributed by atoms with Gasteiger partial charge in [-0.05, 0) is 12.8 Å². The Bertz CT molecular complexity index is 566. The van der Waals surface area contributed by atoms with Crippen LogP contribution < -0.4 is 4.74 Å². The van der Waals surface area contributed by atoms with Crippen molar-refractivity contribution < 1.29 is 13.8 Å². The largest absolute Gasteiger partial charge is 0.440 e. The molecule has 0 unspecified atom stereocenters. The van der Waals surface area contributed by atoms with Crippen molar-refractivity contribution in [1.82, 2.24) is 20.3 Å². The molecule has 0 bridgehead atoms. The summed E-state index contributed by atoms with van der Waals surface area (Å²) in [6.07, 6.45) is 2.38. The second-order valence-electron chi connectivity index (χ2n) is 5.75. The van der Waals surface area contributed by atoms with Crippen LogP contribution in [0.2, 0.25) is 0 Å². The molecule has 1 aliphatic rings. The van der Waals surface area contributed by atoms with E-state index in [-0.39, 0.29) is 18.1 Å². The molecule has 2 aromatic rings. The summed E-state index contributed by atoms with van der Waals surface area (Å²) in [5.41, 5.74) is -0.170. The highest BCUT2D eigenvalue weighted by atomic mass is 16.6. The summed E-state index contributed by atoms with van der Waals surface area (Å²) in [4.78, 5) is 8.41. The third kappa shape index (κ3) is 2.74. The van der Waals surface area contributed by atoms with Crippen molar-refractivity contribution in [3.8, 4) is 6.08 Å². The topological polar surface area (TPSA) is 87.1 Å². The molecule has 1 aliphatic carbocycles. The Hall–Kier alpha value is -1.92. The smallest absolute Gasteiger partial charge is 0.417 e. The van der Waals surface area contributed by atoms with Crippen molar-refractivity contribution in [3.63, 3.8) is 0 Å². The molecule has 0 spiro atoms. The molecule has 0 aromatic carbocycles. The summed E-state index contributed by atoms with van der Waals surface area (Å²) in [5, 5.41) is 7.71. The van der Waals surface area contributed by atoms with E-state index in [1.54, 1.807) is 0 Å². The molecule has 2 aromatic heterocycles. The zero-order valence-electron chi connectivity index (χ0n) is 11.2. The van der Waals surface area contributed by atoms with E-state index in [1.165, 1.54) is 0 Å². The lowest BCUT2D eigenvalue weighted by atomic mass is 9.96. The zero-order valence-corrected chi connectivity index (χ0v) is 11.2. The van der Waals surface area contributed by atoms with Crippen molar-refractivity contribution in [1.29, 1.82) is 0 Å². The third-order valence-electron chi connectivity index (χ3n) is 2.81. The van der Waals surface area contributed by atoms with Crippen LogP contribution in [-0.4, -0.2) is 20.3 Å². The van der Waals surface area contributed by atoms with Crippen LogP contribution in [0.1, 0.15) is 57.1 Å². The molecular weight excluding hydrogens is 248 g/mol. The summed E-state index contributed by atoms with van der Waals surface area (Å²) in [5.74, 6) is 2.24. The Morgan fingerprint density at radius 2 is 1.95 bits per heavy atom. The van der Waals surface area contributed by atoms with Gasteiger partial charge in [0.25, 0.3) is 0 Å². The van der Waals surface area contributed by atoms with E-state index in [0.29, 0.717) is 23.5 Å². The Kier molecular flexibility index (Phi) is 2.76. The molecule has 7 nitrogen and oxygen atoms in total. The van der Waals surface area contributed by atoms with Gasteiger partial charge < -0.3 is 9.26 Å². The van der Waals surface area contributed by atoms with Gasteiger partial charge in [0, 0.05) is 11.3 Å². The van der Waals surface area contributed by atoms with Crippen molar-refractivity contribution in [3.05, 3.63) is 17.5 Å². The van der Waals surface area contributed by atoms with Crippen molar-refractivity contribution in [2.75, 3.05) is 0 Å². The zero-order chi connectivity index (χ0) is 13.5. The van der Waals surface area contributed by atoms with Gasteiger partial charge >= 0.3 is 6.08 Å². The lowest BCUT2D eigenvalue weighted by Gasteiger charge is -2.10. The summed E-state index contributed by atoms with van der Waals surface area (Å²) in [6.45, 7) is 6.18. The molecule has 0 saturated heterocycles. The van der Waals surface area contributed by atoms with Gasteiger partial charge in [-0.1, -0.05) is 31.1 Å². The number of ether oxygens (including phenoxy) is 1. The number of hydrogen-bond donors (Lipinski definition) is 0. The highest BCUT2D eigenvalue weighted by Gasteiger charge is 2.29. The maximum atomic E-state index is 5.36. The van der Waals surface area contributed by atoms with E-state index in [0.717, 1.165) is 12.8 Å². The van der Waals surface area contributed by atoms with Gasteiger partial charge in [-0.15, -0.1) is 0 Å². The molecule has 0 atom stereocenters. The first-order chi connectivity index (χ1) is 9.02. The van der Waals surface area contributed by atoms with Crippen LogP contribution in [0, 0.1) is 0 Å². The number of rotatable bonds is 4. The molecule has 2 heterocycles. The third-order valence-corrected chi connectivity index (χ3v) is 2.81. The number of aromatic nitrogens is 4. The van der Waals surface area contributed by atoms with Crippen molar-refractivity contribution in [2.45, 2.75) is 51.6 Å². The van der Waals surface area contributed by atoms with Gasteiger partial charge in [0.15, 0.2) is 12.4 Å². The van der Waals surface area contributed by atoms with Gasteiger partial charge in [-0.3, -0.25) is 4.52 Å². The van der Waals surface area contributed by atoms with Crippen LogP contribution >= 0.6 is 0 Å². The van der Waals surface area contributed by atoms with Crippen LogP contribution in [0.3, 0.4) is 0 Å². The maximum Gasteiger partial charge on any atom is 0.417 e. The molecule has 0 N–H and O–H groups in total. The normalized spacial score (nSPS) is 15.7.